The number of nitrogens with zero attached hydrogens (tertiary/aromatic N) is 1. The van der Waals surface area contributed by atoms with Crippen LogP contribution in [0.25, 0.3) is 22.6 Å². The topological polar surface area (TPSA) is 69.4 Å². The number of aromatic nitrogens is 1. The van der Waals surface area contributed by atoms with Crippen LogP contribution in [0, 0.1) is 0 Å². The highest BCUT2D eigenvalue weighted by atomic mass is 35.5. The minimum absolute atomic E-state index is 0.0868. The predicted octanol–water partition coefficient (Wildman–Crippen LogP) is 4.76. The third-order valence-electron chi connectivity index (χ3n) is 3.79. The molecule has 0 spiro atoms. The molecule has 1 heterocycles. The molecule has 0 N–H and O–H groups in total. The zero-order valence-corrected chi connectivity index (χ0v) is 15.2. The normalized spacial score (nSPS) is 10.6. The molecule has 0 fully saturated rings. The summed E-state index contributed by atoms with van der Waals surface area (Å²) in [5, 5.41) is 3.60. The molecule has 0 unspecified atom stereocenters. The van der Waals surface area contributed by atoms with E-state index in [0.717, 1.165) is 0 Å². The Labute approximate surface area is 159 Å². The summed E-state index contributed by atoms with van der Waals surface area (Å²) in [6.45, 7) is 0. The fourth-order valence-corrected chi connectivity index (χ4v) is 3.01. The van der Waals surface area contributed by atoms with Crippen LogP contribution in [0.1, 0.15) is 15.9 Å². The van der Waals surface area contributed by atoms with Crippen LogP contribution < -0.4 is 0 Å². The fraction of sp³-hybridized carbons (Fsp3) is 0.105. The van der Waals surface area contributed by atoms with Crippen LogP contribution in [0.15, 0.2) is 53.1 Å². The Morgan fingerprint density at radius 2 is 1.88 bits per heavy atom. The predicted molar refractivity (Wildman–Crippen MR) is 98.3 cm³/mol. The first-order valence-electron chi connectivity index (χ1n) is 7.61. The molecule has 0 atom stereocenters. The van der Waals surface area contributed by atoms with Crippen molar-refractivity contribution in [1.29, 1.82) is 0 Å². The van der Waals surface area contributed by atoms with Gasteiger partial charge >= 0.3 is 5.97 Å². The van der Waals surface area contributed by atoms with Gasteiger partial charge in [0.2, 0.25) is 0 Å². The van der Waals surface area contributed by atoms with Crippen LogP contribution >= 0.6 is 23.2 Å². The Kier molecular flexibility index (Phi) is 5.40. The Balaban J connectivity index is 2.06. The molecule has 0 saturated carbocycles. The van der Waals surface area contributed by atoms with E-state index >= 15 is 0 Å². The number of esters is 1. The van der Waals surface area contributed by atoms with Gasteiger partial charge in [0.15, 0.2) is 5.76 Å². The second kappa shape index (κ2) is 7.72. The SMILES string of the molecule is COC(=O)Cc1ccc(-c2onc(-c3ccccc3)c2C(=O)Cl)c(Cl)c1. The van der Waals surface area contributed by atoms with Crippen molar-refractivity contribution >= 4 is 34.4 Å². The highest BCUT2D eigenvalue weighted by Crippen LogP contribution is 2.37. The molecule has 2 aromatic carbocycles. The molecule has 1 aromatic heterocycles. The molecular weight excluding hydrogens is 377 g/mol. The van der Waals surface area contributed by atoms with Gasteiger partial charge < -0.3 is 9.26 Å². The van der Waals surface area contributed by atoms with Gasteiger partial charge in [-0.15, -0.1) is 0 Å². The average Bonchev–Trinajstić information content (AvgIpc) is 3.07. The van der Waals surface area contributed by atoms with Crippen LogP contribution in [-0.2, 0) is 16.0 Å². The number of carbonyl (C=O) groups is 2. The largest absolute Gasteiger partial charge is 0.469 e. The number of halogens is 2. The number of carbonyl (C=O) groups excluding carboxylic acids is 2. The van der Waals surface area contributed by atoms with Crippen LogP contribution in [-0.4, -0.2) is 23.5 Å². The van der Waals surface area contributed by atoms with E-state index in [4.69, 9.17) is 27.7 Å². The van der Waals surface area contributed by atoms with Crippen molar-refractivity contribution in [3.63, 3.8) is 0 Å². The molecule has 0 radical (unpaired) electrons. The third kappa shape index (κ3) is 3.64. The Hall–Kier alpha value is -2.63. The molecule has 0 bridgehead atoms. The molecule has 0 aliphatic carbocycles. The fourth-order valence-electron chi connectivity index (χ4n) is 2.54. The quantitative estimate of drug-likeness (QED) is 0.464. The molecule has 0 aliphatic rings. The minimum atomic E-state index is -0.699. The van der Waals surface area contributed by atoms with Gasteiger partial charge in [-0.05, 0) is 29.3 Å². The molecular formula is C19H13Cl2NO4. The van der Waals surface area contributed by atoms with Gasteiger partial charge in [0, 0.05) is 11.1 Å². The molecule has 5 nitrogen and oxygen atoms in total. The van der Waals surface area contributed by atoms with E-state index in [0.29, 0.717) is 27.4 Å². The Bertz CT molecular complexity index is 967. The highest BCUT2D eigenvalue weighted by molar-refractivity contribution is 6.68. The van der Waals surface area contributed by atoms with Crippen molar-refractivity contribution in [3.05, 3.63) is 64.7 Å². The average molecular weight is 390 g/mol. The van der Waals surface area contributed by atoms with E-state index in [9.17, 15) is 9.59 Å². The van der Waals surface area contributed by atoms with Crippen LogP contribution in [0.3, 0.4) is 0 Å². The maximum Gasteiger partial charge on any atom is 0.309 e. The van der Waals surface area contributed by atoms with Crippen LogP contribution in [0.2, 0.25) is 5.02 Å². The van der Waals surface area contributed by atoms with E-state index < -0.39 is 5.24 Å². The standard InChI is InChI=1S/C19H13Cl2NO4/c1-25-15(23)10-11-7-8-13(14(20)9-11)18-16(19(21)24)17(22-26-18)12-5-3-2-4-6-12/h2-9H,10H2,1H3. The molecule has 3 rings (SSSR count). The zero-order valence-electron chi connectivity index (χ0n) is 13.7. The molecule has 132 valence electrons. The maximum atomic E-state index is 12.0. The lowest BCUT2D eigenvalue weighted by Gasteiger charge is -2.05. The Morgan fingerprint density at radius 3 is 2.50 bits per heavy atom. The number of hydrogen-bond acceptors (Lipinski definition) is 5. The van der Waals surface area contributed by atoms with Gasteiger partial charge in [-0.25, -0.2) is 0 Å². The van der Waals surface area contributed by atoms with E-state index in [-0.39, 0.29) is 23.7 Å². The van der Waals surface area contributed by atoms with Crippen molar-refractivity contribution < 1.29 is 18.8 Å². The first-order chi connectivity index (χ1) is 12.5. The van der Waals surface area contributed by atoms with E-state index in [2.05, 4.69) is 9.89 Å². The number of benzene rings is 2. The summed E-state index contributed by atoms with van der Waals surface area (Å²) >= 11 is 12.1. The monoisotopic (exact) mass is 389 g/mol. The van der Waals surface area contributed by atoms with E-state index in [1.54, 1.807) is 30.3 Å². The van der Waals surface area contributed by atoms with Gasteiger partial charge in [-0.2, -0.15) is 0 Å². The summed E-state index contributed by atoms with van der Waals surface area (Å²) in [5.41, 5.74) is 2.31. The lowest BCUT2D eigenvalue weighted by Crippen LogP contribution is -2.04. The number of hydrogen-bond donors (Lipinski definition) is 0. The van der Waals surface area contributed by atoms with Crippen LogP contribution in [0.4, 0.5) is 0 Å². The molecule has 7 heteroatoms. The first-order valence-corrected chi connectivity index (χ1v) is 8.37. The second-order valence-corrected chi connectivity index (χ2v) is 6.19. The summed E-state index contributed by atoms with van der Waals surface area (Å²) in [7, 11) is 1.32. The zero-order chi connectivity index (χ0) is 18.7. The summed E-state index contributed by atoms with van der Waals surface area (Å²) in [4.78, 5) is 23.4. The maximum absolute atomic E-state index is 12.0. The second-order valence-electron chi connectivity index (χ2n) is 5.44. The van der Waals surface area contributed by atoms with E-state index in [1.807, 2.05) is 18.2 Å². The van der Waals surface area contributed by atoms with Crippen molar-refractivity contribution in [2.75, 3.05) is 7.11 Å². The van der Waals surface area contributed by atoms with Crippen molar-refractivity contribution in [2.45, 2.75) is 6.42 Å². The summed E-state index contributed by atoms with van der Waals surface area (Å²) in [5.74, 6) is -0.199. The lowest BCUT2D eigenvalue weighted by molar-refractivity contribution is -0.139. The van der Waals surface area contributed by atoms with Crippen molar-refractivity contribution in [1.82, 2.24) is 5.16 Å². The first kappa shape index (κ1) is 18.2. The number of methoxy groups -OCH3 is 1. The molecule has 0 saturated heterocycles. The minimum Gasteiger partial charge on any atom is -0.469 e. The molecule has 3 aromatic rings. The molecule has 26 heavy (non-hydrogen) atoms. The van der Waals surface area contributed by atoms with Gasteiger partial charge in [-0.3, -0.25) is 9.59 Å². The number of rotatable bonds is 5. The van der Waals surface area contributed by atoms with Gasteiger partial charge in [-0.1, -0.05) is 53.2 Å². The Morgan fingerprint density at radius 1 is 1.15 bits per heavy atom. The highest BCUT2D eigenvalue weighted by Gasteiger charge is 2.25. The molecule has 0 aliphatic heterocycles. The summed E-state index contributed by atoms with van der Waals surface area (Å²) in [6.07, 6.45) is 0.0868. The van der Waals surface area contributed by atoms with E-state index in [1.165, 1.54) is 7.11 Å². The van der Waals surface area contributed by atoms with Gasteiger partial charge in [0.25, 0.3) is 5.24 Å². The van der Waals surface area contributed by atoms with Crippen molar-refractivity contribution in [3.8, 4) is 22.6 Å². The summed E-state index contributed by atoms with van der Waals surface area (Å²) < 4.78 is 10.0. The third-order valence-corrected chi connectivity index (χ3v) is 4.29. The molecule has 0 amide bonds. The smallest absolute Gasteiger partial charge is 0.309 e. The lowest BCUT2D eigenvalue weighted by atomic mass is 10.0. The van der Waals surface area contributed by atoms with Crippen LogP contribution in [0.5, 0.6) is 0 Å². The van der Waals surface area contributed by atoms with Gasteiger partial charge in [0.05, 0.1) is 18.6 Å². The van der Waals surface area contributed by atoms with Gasteiger partial charge in [0.1, 0.15) is 11.3 Å². The summed E-state index contributed by atoms with van der Waals surface area (Å²) in [6, 6.07) is 14.1. The number of ether oxygens (including phenoxy) is 1. The van der Waals surface area contributed by atoms with Crippen molar-refractivity contribution in [2.24, 2.45) is 0 Å².